The first-order chi connectivity index (χ1) is 10.2. The van der Waals surface area contributed by atoms with E-state index >= 15 is 0 Å². The molecule has 0 bridgehead atoms. The zero-order valence-corrected chi connectivity index (χ0v) is 13.6. The average Bonchev–Trinajstić information content (AvgIpc) is 2.54. The average molecular weight is 296 g/mol. The van der Waals surface area contributed by atoms with E-state index in [0.29, 0.717) is 5.75 Å². The van der Waals surface area contributed by atoms with E-state index in [-0.39, 0.29) is 0 Å². The predicted molar refractivity (Wildman–Crippen MR) is 81.7 cm³/mol. The third-order valence-corrected chi connectivity index (χ3v) is 4.34. The van der Waals surface area contributed by atoms with Crippen LogP contribution in [0.15, 0.2) is 12.1 Å². The fraction of sp³-hybridized carbons (Fsp3) is 0.625. The second-order valence-corrected chi connectivity index (χ2v) is 5.56. The Bertz CT molecular complexity index is 432. The normalized spacial score (nSPS) is 21.9. The molecule has 0 amide bonds. The number of quaternary nitrogens is 2. The molecule has 0 aliphatic carbocycles. The van der Waals surface area contributed by atoms with Crippen LogP contribution < -0.4 is 24.0 Å². The molecule has 1 aliphatic rings. The van der Waals surface area contributed by atoms with Crippen LogP contribution in [0.1, 0.15) is 12.5 Å². The molecule has 1 heterocycles. The third-order valence-electron chi connectivity index (χ3n) is 4.34. The lowest BCUT2D eigenvalue weighted by Crippen LogP contribution is -3.27. The van der Waals surface area contributed by atoms with Crippen LogP contribution in [0, 0.1) is 0 Å². The van der Waals surface area contributed by atoms with Crippen molar-refractivity contribution in [2.45, 2.75) is 13.5 Å². The molecule has 0 atom stereocenters. The van der Waals surface area contributed by atoms with E-state index in [1.807, 2.05) is 0 Å². The lowest BCUT2D eigenvalue weighted by molar-refractivity contribution is -1.02. The molecule has 1 saturated heterocycles. The summed E-state index contributed by atoms with van der Waals surface area (Å²) in [5.41, 5.74) is 1.24. The molecule has 118 valence electrons. The Balaban J connectivity index is 2.10. The van der Waals surface area contributed by atoms with Crippen molar-refractivity contribution in [3.05, 3.63) is 17.7 Å². The summed E-state index contributed by atoms with van der Waals surface area (Å²) >= 11 is 0. The monoisotopic (exact) mass is 296 g/mol. The summed E-state index contributed by atoms with van der Waals surface area (Å²) < 4.78 is 16.2. The minimum Gasteiger partial charge on any atom is -0.493 e. The maximum Gasteiger partial charge on any atom is 0.203 e. The molecule has 0 aromatic heterocycles. The molecule has 1 aromatic rings. The lowest BCUT2D eigenvalue weighted by Gasteiger charge is -2.29. The van der Waals surface area contributed by atoms with Crippen molar-refractivity contribution in [2.75, 3.05) is 54.1 Å². The minimum atomic E-state index is 0.666. The second kappa shape index (κ2) is 7.52. The highest BCUT2D eigenvalue weighted by atomic mass is 16.5. The second-order valence-electron chi connectivity index (χ2n) is 5.56. The van der Waals surface area contributed by atoms with Gasteiger partial charge in [-0.2, -0.15) is 0 Å². The van der Waals surface area contributed by atoms with E-state index in [2.05, 4.69) is 19.1 Å². The number of methoxy groups -OCH3 is 3. The molecule has 0 spiro atoms. The van der Waals surface area contributed by atoms with E-state index in [1.54, 1.807) is 31.1 Å². The minimum absolute atomic E-state index is 0.666. The summed E-state index contributed by atoms with van der Waals surface area (Å²) in [6, 6.07) is 4.13. The Labute approximate surface area is 127 Å². The van der Waals surface area contributed by atoms with Crippen molar-refractivity contribution in [2.24, 2.45) is 0 Å². The summed E-state index contributed by atoms with van der Waals surface area (Å²) in [4.78, 5) is 3.34. The van der Waals surface area contributed by atoms with Crippen LogP contribution in [0.3, 0.4) is 0 Å². The lowest BCUT2D eigenvalue weighted by atomic mass is 10.1. The summed E-state index contributed by atoms with van der Waals surface area (Å²) in [6.07, 6.45) is 0. The van der Waals surface area contributed by atoms with Gasteiger partial charge in [-0.3, -0.25) is 0 Å². The highest BCUT2D eigenvalue weighted by Gasteiger charge is 2.23. The molecule has 21 heavy (non-hydrogen) atoms. The van der Waals surface area contributed by atoms with Crippen molar-refractivity contribution in [3.8, 4) is 17.2 Å². The van der Waals surface area contributed by atoms with Gasteiger partial charge in [0, 0.05) is 5.56 Å². The molecule has 0 saturated carbocycles. The van der Waals surface area contributed by atoms with E-state index in [1.165, 1.54) is 38.3 Å². The van der Waals surface area contributed by atoms with Crippen LogP contribution >= 0.6 is 0 Å². The predicted octanol–water partition coefficient (Wildman–Crippen LogP) is -0.984. The Morgan fingerprint density at radius 1 is 0.857 bits per heavy atom. The van der Waals surface area contributed by atoms with Crippen LogP contribution in [0.2, 0.25) is 0 Å². The number of hydrogen-bond donors (Lipinski definition) is 2. The molecule has 0 unspecified atom stereocenters. The SMILES string of the molecule is CC[NH+]1CC[NH+](Cc2cc(OC)c(OC)c(OC)c2)CC1. The number of hydrogen-bond acceptors (Lipinski definition) is 3. The van der Waals surface area contributed by atoms with Gasteiger partial charge in [0.05, 0.1) is 27.9 Å². The molecular formula is C16H28N2O3+2. The van der Waals surface area contributed by atoms with Crippen LogP contribution in [0.4, 0.5) is 0 Å². The van der Waals surface area contributed by atoms with E-state index in [4.69, 9.17) is 14.2 Å². The van der Waals surface area contributed by atoms with Crippen LogP contribution in [-0.2, 0) is 6.54 Å². The molecule has 1 aliphatic heterocycles. The highest BCUT2D eigenvalue weighted by Crippen LogP contribution is 2.37. The number of ether oxygens (including phenoxy) is 3. The van der Waals surface area contributed by atoms with Gasteiger partial charge >= 0.3 is 0 Å². The van der Waals surface area contributed by atoms with Crippen molar-refractivity contribution in [1.82, 2.24) is 0 Å². The Hall–Kier alpha value is -1.46. The highest BCUT2D eigenvalue weighted by molar-refractivity contribution is 5.53. The van der Waals surface area contributed by atoms with Crippen molar-refractivity contribution in [1.29, 1.82) is 0 Å². The number of rotatable bonds is 6. The van der Waals surface area contributed by atoms with Gasteiger partial charge in [-0.1, -0.05) is 0 Å². The van der Waals surface area contributed by atoms with Crippen molar-refractivity contribution in [3.63, 3.8) is 0 Å². The van der Waals surface area contributed by atoms with Gasteiger partial charge in [0.25, 0.3) is 0 Å². The van der Waals surface area contributed by atoms with Crippen LogP contribution in [-0.4, -0.2) is 54.1 Å². The fourth-order valence-electron chi connectivity index (χ4n) is 3.01. The van der Waals surface area contributed by atoms with Crippen LogP contribution in [0.5, 0.6) is 17.2 Å². The molecule has 5 heteroatoms. The van der Waals surface area contributed by atoms with Crippen molar-refractivity contribution < 1.29 is 24.0 Å². The number of benzene rings is 1. The van der Waals surface area contributed by atoms with E-state index in [9.17, 15) is 0 Å². The number of piperazine rings is 1. The van der Waals surface area contributed by atoms with Gasteiger partial charge in [-0.15, -0.1) is 0 Å². The first-order valence-electron chi connectivity index (χ1n) is 7.67. The first-order valence-corrected chi connectivity index (χ1v) is 7.67. The molecule has 2 rings (SSSR count). The Morgan fingerprint density at radius 2 is 1.38 bits per heavy atom. The third kappa shape index (κ3) is 3.80. The van der Waals surface area contributed by atoms with Gasteiger partial charge in [0.2, 0.25) is 5.75 Å². The topological polar surface area (TPSA) is 36.6 Å². The molecule has 1 aromatic carbocycles. The fourth-order valence-corrected chi connectivity index (χ4v) is 3.01. The Kier molecular flexibility index (Phi) is 5.70. The summed E-state index contributed by atoms with van der Waals surface area (Å²) in [6.45, 7) is 9.47. The van der Waals surface area contributed by atoms with Crippen LogP contribution in [0.25, 0.3) is 0 Å². The molecule has 1 fully saturated rings. The zero-order valence-electron chi connectivity index (χ0n) is 13.6. The number of nitrogens with one attached hydrogen (secondary N) is 2. The summed E-state index contributed by atoms with van der Waals surface area (Å²) in [7, 11) is 4.96. The first kappa shape index (κ1) is 15.9. The molecular weight excluding hydrogens is 268 g/mol. The quantitative estimate of drug-likeness (QED) is 0.708. The molecule has 5 nitrogen and oxygen atoms in total. The van der Waals surface area contributed by atoms with E-state index in [0.717, 1.165) is 18.0 Å². The van der Waals surface area contributed by atoms with Crippen molar-refractivity contribution >= 4 is 0 Å². The Morgan fingerprint density at radius 3 is 1.81 bits per heavy atom. The van der Waals surface area contributed by atoms with Gasteiger partial charge in [-0.25, -0.2) is 0 Å². The number of likely N-dealkylation sites (N-methyl/N-ethyl adjacent to an activating group) is 1. The molecule has 2 N–H and O–H groups in total. The van der Waals surface area contributed by atoms with E-state index < -0.39 is 0 Å². The van der Waals surface area contributed by atoms with Gasteiger partial charge in [-0.05, 0) is 19.1 Å². The summed E-state index contributed by atoms with van der Waals surface area (Å²) in [5.74, 6) is 2.15. The van der Waals surface area contributed by atoms with Gasteiger partial charge in [0.15, 0.2) is 11.5 Å². The van der Waals surface area contributed by atoms with Gasteiger partial charge < -0.3 is 24.0 Å². The summed E-state index contributed by atoms with van der Waals surface area (Å²) in [5, 5.41) is 0. The maximum absolute atomic E-state index is 5.42. The maximum atomic E-state index is 5.42. The largest absolute Gasteiger partial charge is 0.493 e. The molecule has 0 radical (unpaired) electrons. The smallest absolute Gasteiger partial charge is 0.203 e. The van der Waals surface area contributed by atoms with Gasteiger partial charge in [0.1, 0.15) is 32.7 Å². The zero-order chi connectivity index (χ0) is 15.2. The standard InChI is InChI=1S/C16H26N2O3/c1-5-17-6-8-18(9-7-17)12-13-10-14(19-2)16(21-4)15(11-13)20-3/h10-11H,5-9,12H2,1-4H3/p+2.